The first-order valence-corrected chi connectivity index (χ1v) is 42.5. The number of rotatable bonds is 14. The van der Waals surface area contributed by atoms with Crippen LogP contribution in [-0.2, 0) is 23.3 Å². The van der Waals surface area contributed by atoms with Gasteiger partial charge in [-0.1, -0.05) is 60.5 Å². The Kier molecular flexibility index (Phi) is 22.8. The van der Waals surface area contributed by atoms with Gasteiger partial charge in [-0.15, -0.1) is 6.42 Å². The van der Waals surface area contributed by atoms with Gasteiger partial charge in [-0.3, -0.25) is 28.7 Å². The number of imidazole rings is 4. The molecule has 11 N–H and O–H groups in total. The number of para-hydroxylation sites is 1. The van der Waals surface area contributed by atoms with E-state index in [4.69, 9.17) is 52.8 Å². The summed E-state index contributed by atoms with van der Waals surface area (Å²) in [4.78, 5) is 81.4. The number of nitrogen functional groups attached to an aromatic ring is 2. The number of benzene rings is 5. The lowest BCUT2D eigenvalue weighted by Gasteiger charge is -2.38. The Balaban J connectivity index is 0.000000112. The van der Waals surface area contributed by atoms with E-state index in [9.17, 15) is 35.0 Å². The fraction of sp³-hybridized carbons (Fsp3) is 0.261. The van der Waals surface area contributed by atoms with Crippen LogP contribution in [0, 0.1) is 18.2 Å². The van der Waals surface area contributed by atoms with Crippen LogP contribution in [0.15, 0.2) is 226 Å². The molecule has 129 heavy (non-hydrogen) atoms. The zero-order chi connectivity index (χ0) is 88.3. The molecule has 0 saturated carbocycles. The van der Waals surface area contributed by atoms with E-state index < -0.39 is 16.8 Å². The summed E-state index contributed by atoms with van der Waals surface area (Å²) in [6.07, 6.45) is 27.6. The van der Waals surface area contributed by atoms with Crippen LogP contribution in [0.3, 0.4) is 0 Å². The van der Waals surface area contributed by atoms with Gasteiger partial charge in [-0.25, -0.2) is 29.0 Å². The minimum atomic E-state index is -1.00. The average molecular weight is 1730 g/mol. The molecule has 5 aromatic carbocycles. The van der Waals surface area contributed by atoms with Crippen LogP contribution in [0.2, 0.25) is 0 Å². The zero-order valence-electron chi connectivity index (χ0n) is 70.1. The molecule has 17 aromatic rings. The normalized spacial score (nSPS) is 16.1. The summed E-state index contributed by atoms with van der Waals surface area (Å²) in [7, 11) is 0. The van der Waals surface area contributed by atoms with Gasteiger partial charge in [-0.05, 0) is 158 Å². The molecule has 12 aromatic heterocycles. The number of phenolic OH excluding ortho intramolecular Hbond substituents is 3. The first-order valence-electron chi connectivity index (χ1n) is 42.5. The molecule has 17 heterocycles. The predicted octanol–water partition coefficient (Wildman–Crippen LogP) is 9.05. The van der Waals surface area contributed by atoms with Crippen molar-refractivity contribution in [1.29, 1.82) is 0 Å². The molecule has 0 aliphatic carbocycles. The van der Waals surface area contributed by atoms with Crippen molar-refractivity contribution in [1.82, 2.24) is 108 Å². The molecular weight excluding hydrogens is 1640 g/mol. The second-order valence-corrected chi connectivity index (χ2v) is 32.2. The highest BCUT2D eigenvalue weighted by atomic mass is 19.1. The molecule has 36 nitrogen and oxygen atoms in total. The van der Waals surface area contributed by atoms with Crippen LogP contribution < -0.4 is 46.2 Å². The summed E-state index contributed by atoms with van der Waals surface area (Å²) in [5.41, 5.74) is 21.7. The molecule has 652 valence electrons. The Morgan fingerprint density at radius 1 is 0.380 bits per heavy atom. The van der Waals surface area contributed by atoms with Crippen molar-refractivity contribution in [2.45, 2.75) is 61.9 Å². The van der Waals surface area contributed by atoms with E-state index in [0.717, 1.165) is 126 Å². The highest BCUT2D eigenvalue weighted by molar-refractivity contribution is 5.89. The number of fused-ring (bicyclic) bond motifs is 5. The first kappa shape index (κ1) is 82.9. The van der Waals surface area contributed by atoms with E-state index in [2.05, 4.69) is 75.8 Å². The van der Waals surface area contributed by atoms with Crippen LogP contribution in [0.4, 0.5) is 51.3 Å². The fourth-order valence-corrected chi connectivity index (χ4v) is 17.1. The number of nitrogens with two attached hydrogens (primary N) is 2. The van der Waals surface area contributed by atoms with Crippen molar-refractivity contribution >= 4 is 102 Å². The number of terminal acetylenes is 1. The number of nitrogens with zero attached hydrogens (tertiary/aromatic N) is 27. The molecule has 0 radical (unpaired) electrons. The highest BCUT2D eigenvalue weighted by Gasteiger charge is 2.39. The Labute approximate surface area is 737 Å². The second kappa shape index (κ2) is 35.4. The Morgan fingerprint density at radius 3 is 1.29 bits per heavy atom. The van der Waals surface area contributed by atoms with Crippen molar-refractivity contribution in [3.63, 3.8) is 0 Å². The maximum Gasteiger partial charge on any atom is 0.229 e. The van der Waals surface area contributed by atoms with E-state index in [1.165, 1.54) is 12.1 Å². The second-order valence-electron chi connectivity index (χ2n) is 32.2. The quantitative estimate of drug-likeness (QED) is 0.0458. The highest BCUT2D eigenvalue weighted by Crippen LogP contribution is 2.40. The van der Waals surface area contributed by atoms with Gasteiger partial charge in [0, 0.05) is 134 Å². The summed E-state index contributed by atoms with van der Waals surface area (Å²) >= 11 is 0. The number of aromatic nitrogens is 21. The summed E-state index contributed by atoms with van der Waals surface area (Å²) in [5.74, 6) is 7.38. The van der Waals surface area contributed by atoms with E-state index in [1.807, 2.05) is 107 Å². The number of aromatic hydroxyl groups is 3. The summed E-state index contributed by atoms with van der Waals surface area (Å²) in [5, 5.41) is 71.1. The van der Waals surface area contributed by atoms with E-state index in [1.54, 1.807) is 140 Å². The van der Waals surface area contributed by atoms with Crippen LogP contribution >= 0.6 is 0 Å². The fourth-order valence-electron chi connectivity index (χ4n) is 17.1. The third-order valence-corrected chi connectivity index (χ3v) is 24.4. The number of nitrogens with one attached hydrogen (secondary N) is 1. The number of phenols is 3. The summed E-state index contributed by atoms with van der Waals surface area (Å²) < 4.78 is 22.5. The Hall–Kier alpha value is -15.7. The third kappa shape index (κ3) is 17.0. The summed E-state index contributed by atoms with van der Waals surface area (Å²) in [6.45, 7) is 10.7. The molecule has 5 aliphatic rings. The third-order valence-electron chi connectivity index (χ3n) is 24.4. The zero-order valence-corrected chi connectivity index (χ0v) is 70.1. The topological polar surface area (TPSA) is 436 Å². The van der Waals surface area contributed by atoms with Gasteiger partial charge in [0.1, 0.15) is 42.0 Å². The van der Waals surface area contributed by atoms with Gasteiger partial charge >= 0.3 is 0 Å². The van der Waals surface area contributed by atoms with Crippen molar-refractivity contribution in [3.8, 4) is 52.5 Å². The minimum Gasteiger partial charge on any atom is -0.508 e. The molecular formula is C92H91FN30O6. The van der Waals surface area contributed by atoms with E-state index >= 15 is 0 Å². The van der Waals surface area contributed by atoms with Gasteiger partial charge in [-0.2, -0.15) is 45.0 Å². The minimum absolute atomic E-state index is 0.179. The SMILES string of the molecule is C#CCn1cnc2c(-n3ncc4ccccc43)nc(N3CCC(O)(c4ccc(O)cc4)CC3)nc21.Nc1nc(N2CCC(O)(c3ccc(F)cc3)CC2)nc2c1ncn2-c1ccncc1.Nc1nc(N2CCC(O)(c3ccc(O)cc3)CC2)nc2c1ncn2-c1cccnc1.Oc1ccc(N2CCN(c3nc(N4CCNCC4)c4ncn(-c5ccncc5)c4n3)CC2)cc1. The number of piperidine rings is 3. The van der Waals surface area contributed by atoms with Crippen molar-refractivity contribution in [2.75, 3.05) is 132 Å². The van der Waals surface area contributed by atoms with Crippen LogP contribution in [0.5, 0.6) is 17.2 Å². The van der Waals surface area contributed by atoms with Gasteiger partial charge in [0.2, 0.25) is 23.8 Å². The molecule has 0 atom stereocenters. The standard InChI is InChI=1S/C26H23N7O2.C24H27N9O.C21H20FN7O.C21H21N7O2/c1-2-13-32-17-27-22-23(32)29-25(30-24(22)33-21-6-4-3-5-18(21)16-28-33)31-14-11-26(35,12-15-31)19-7-9-20(34)10-8-19;34-20-3-1-18(2-4-20)30-13-15-32(16-14-30)24-28-22(31-11-9-26-10-12-31)21-23(29-24)33(17-27-21)19-5-7-25-8-6-19;22-15-3-1-14(2-4-15)21(30)7-11-28(12-8-21)20-26-18(23)17-19(27-20)29(13-25-17)16-5-9-24-10-6-16;22-18-17-19(28(13-24-17)15-2-1-9-23-12-15)26-20(25-18)27-10-7-21(30,8-11-27)14-3-5-16(29)6-4-14/h1,3-10,16-17,34-35H,11-15H2;1-8,17,26,34H,9-16H2;1-6,9-10,13,30H,7-8,11-12H2,(H2,23,26,27);1-6,9,12-13,29-30H,7-8,10-11H2,(H2,22,25,26). The molecule has 0 spiro atoms. The lowest BCUT2D eigenvalue weighted by Crippen LogP contribution is -2.47. The maximum atomic E-state index is 13.2. The van der Waals surface area contributed by atoms with Crippen molar-refractivity contribution in [3.05, 3.63) is 249 Å². The number of halogens is 1. The summed E-state index contributed by atoms with van der Waals surface area (Å²) in [6, 6.07) is 46.2. The molecule has 5 saturated heterocycles. The number of pyridine rings is 3. The van der Waals surface area contributed by atoms with Gasteiger partial charge in [0.15, 0.2) is 67.9 Å². The van der Waals surface area contributed by atoms with Crippen LogP contribution in [-0.4, -0.2) is 225 Å². The lowest BCUT2D eigenvalue weighted by atomic mass is 9.84. The molecule has 37 heteroatoms. The van der Waals surface area contributed by atoms with Crippen molar-refractivity contribution in [2.24, 2.45) is 0 Å². The Morgan fingerprint density at radius 2 is 0.798 bits per heavy atom. The molecule has 22 rings (SSSR count). The first-order chi connectivity index (χ1) is 62.9. The van der Waals surface area contributed by atoms with Crippen LogP contribution in [0.1, 0.15) is 55.2 Å². The van der Waals surface area contributed by atoms with Crippen LogP contribution in [0.25, 0.3) is 78.4 Å². The number of hydrogen-bond donors (Lipinski definition) is 9. The number of piperazine rings is 2. The van der Waals surface area contributed by atoms with E-state index in [0.29, 0.717) is 153 Å². The molecule has 5 aliphatic heterocycles. The molecule has 0 unspecified atom stereocenters. The van der Waals surface area contributed by atoms with Gasteiger partial charge in [0.25, 0.3) is 0 Å². The average Bonchev–Trinajstić information content (AvgIpc) is 1.68. The number of aliphatic hydroxyl groups is 3. The van der Waals surface area contributed by atoms with Gasteiger partial charge in [0.05, 0.1) is 64.6 Å². The largest absolute Gasteiger partial charge is 0.508 e. The Bertz CT molecular complexity index is 6650. The lowest BCUT2D eigenvalue weighted by molar-refractivity contribution is 0.0111. The van der Waals surface area contributed by atoms with Gasteiger partial charge < -0.3 is 81.4 Å². The number of anilines is 8. The van der Waals surface area contributed by atoms with E-state index in [-0.39, 0.29) is 23.1 Å². The maximum absolute atomic E-state index is 13.2. The molecule has 0 amide bonds. The smallest absolute Gasteiger partial charge is 0.229 e. The van der Waals surface area contributed by atoms with Crippen molar-refractivity contribution < 1.29 is 35.0 Å². The predicted molar refractivity (Wildman–Crippen MR) is 487 cm³/mol. The molecule has 0 bridgehead atoms. The molecule has 5 fully saturated rings. The monoisotopic (exact) mass is 1730 g/mol. The number of hydrogen-bond acceptors (Lipinski definition) is 31.